The lowest BCUT2D eigenvalue weighted by atomic mass is 9.97. The van der Waals surface area contributed by atoms with Gasteiger partial charge >= 0.3 is 0 Å². The van der Waals surface area contributed by atoms with Crippen LogP contribution in [0.3, 0.4) is 0 Å². The highest BCUT2D eigenvalue weighted by Crippen LogP contribution is 2.47. The summed E-state index contributed by atoms with van der Waals surface area (Å²) in [4.78, 5) is 2.44. The first kappa shape index (κ1) is 34.9. The van der Waals surface area contributed by atoms with Gasteiger partial charge in [0.25, 0.3) is 0 Å². The van der Waals surface area contributed by atoms with Crippen LogP contribution in [0.4, 0.5) is 17.1 Å². The van der Waals surface area contributed by atoms with Crippen LogP contribution in [0.5, 0.6) is 0 Å². The van der Waals surface area contributed by atoms with E-state index in [0.29, 0.717) is 0 Å². The number of hydrogen-bond acceptors (Lipinski definition) is 3. The van der Waals surface area contributed by atoms with Crippen LogP contribution in [0.25, 0.3) is 103 Å². The van der Waals surface area contributed by atoms with E-state index in [0.717, 1.165) is 66.8 Å². The van der Waals surface area contributed by atoms with Crippen molar-refractivity contribution in [3.8, 4) is 27.9 Å². The van der Waals surface area contributed by atoms with Crippen molar-refractivity contribution in [3.63, 3.8) is 0 Å². The molecule has 62 heavy (non-hydrogen) atoms. The Bertz CT molecular complexity index is 3830. The normalized spacial score (nSPS) is 11.9. The van der Waals surface area contributed by atoms with Crippen molar-refractivity contribution in [1.29, 1.82) is 0 Å². The summed E-state index contributed by atoms with van der Waals surface area (Å²) in [5.74, 6) is 0. The lowest BCUT2D eigenvalue weighted by Gasteiger charge is -2.27. The van der Waals surface area contributed by atoms with Gasteiger partial charge in [-0.05, 0) is 88.8 Å². The molecule has 3 nitrogen and oxygen atoms in total. The Morgan fingerprint density at radius 2 is 1.08 bits per heavy atom. The molecule has 0 aliphatic heterocycles. The van der Waals surface area contributed by atoms with Gasteiger partial charge < -0.3 is 13.9 Å². The number of nitrogens with zero attached hydrogens (tertiary/aromatic N) is 2. The van der Waals surface area contributed by atoms with Gasteiger partial charge in [-0.15, -0.1) is 11.3 Å². The summed E-state index contributed by atoms with van der Waals surface area (Å²) in [7, 11) is 0. The van der Waals surface area contributed by atoms with E-state index in [1.54, 1.807) is 0 Å². The lowest BCUT2D eigenvalue weighted by Crippen LogP contribution is -2.10. The van der Waals surface area contributed by atoms with Gasteiger partial charge in [-0.2, -0.15) is 0 Å². The Labute approximate surface area is 361 Å². The monoisotopic (exact) mass is 808 g/mol. The maximum atomic E-state index is 6.63. The smallest absolute Gasteiger partial charge is 0.143 e. The number of thiophene rings is 1. The molecule has 0 atom stereocenters. The average Bonchev–Trinajstić information content (AvgIpc) is 4.02. The first-order valence-electron chi connectivity index (χ1n) is 21.1. The molecule has 13 aromatic rings. The SMILES string of the molecule is c1cc(-c2cccc3oc4c5ccccc5ccc4c23)cc(N(c2ccc(-c3ccccc3-n3c4ccccc4c4ccccc43)cc2)c2cccc3c2sc2ccccc23)c1. The Kier molecular flexibility index (Phi) is 7.78. The zero-order valence-corrected chi connectivity index (χ0v) is 34.3. The molecule has 0 saturated heterocycles. The summed E-state index contributed by atoms with van der Waals surface area (Å²) in [5, 5.41) is 9.63. The van der Waals surface area contributed by atoms with Gasteiger partial charge in [0.15, 0.2) is 0 Å². The predicted molar refractivity (Wildman–Crippen MR) is 264 cm³/mol. The number of anilines is 3. The molecule has 3 aromatic heterocycles. The second kappa shape index (κ2) is 13.8. The molecular formula is C58H36N2OS. The maximum absolute atomic E-state index is 6.63. The highest BCUT2D eigenvalue weighted by atomic mass is 32.1. The fraction of sp³-hybridized carbons (Fsp3) is 0. The minimum absolute atomic E-state index is 0.892. The van der Waals surface area contributed by atoms with Crippen LogP contribution in [0.1, 0.15) is 0 Å². The maximum Gasteiger partial charge on any atom is 0.143 e. The number of para-hydroxylation sites is 3. The predicted octanol–water partition coefficient (Wildman–Crippen LogP) is 17.0. The quantitative estimate of drug-likeness (QED) is 0.167. The van der Waals surface area contributed by atoms with E-state index >= 15 is 0 Å². The molecule has 3 heterocycles. The molecule has 290 valence electrons. The van der Waals surface area contributed by atoms with Crippen molar-refractivity contribution in [2.24, 2.45) is 0 Å². The van der Waals surface area contributed by atoms with Gasteiger partial charge in [-0.1, -0.05) is 152 Å². The lowest BCUT2D eigenvalue weighted by molar-refractivity contribution is 0.673. The molecule has 0 spiro atoms. The Morgan fingerprint density at radius 1 is 0.419 bits per heavy atom. The van der Waals surface area contributed by atoms with E-state index in [4.69, 9.17) is 4.42 Å². The number of fused-ring (bicyclic) bond motifs is 11. The van der Waals surface area contributed by atoms with E-state index < -0.39 is 0 Å². The first-order valence-corrected chi connectivity index (χ1v) is 21.9. The number of aromatic nitrogens is 1. The Balaban J connectivity index is 0.987. The highest BCUT2D eigenvalue weighted by Gasteiger charge is 2.21. The summed E-state index contributed by atoms with van der Waals surface area (Å²) < 4.78 is 11.6. The van der Waals surface area contributed by atoms with Crippen LogP contribution in [-0.2, 0) is 0 Å². The zero-order chi connectivity index (χ0) is 40.7. The van der Waals surface area contributed by atoms with Crippen LogP contribution in [-0.4, -0.2) is 4.57 Å². The summed E-state index contributed by atoms with van der Waals surface area (Å²) in [6.45, 7) is 0. The van der Waals surface area contributed by atoms with Crippen molar-refractivity contribution in [2.75, 3.05) is 4.90 Å². The van der Waals surface area contributed by atoms with Gasteiger partial charge in [0.05, 0.1) is 27.1 Å². The molecule has 0 aliphatic carbocycles. The molecule has 10 aromatic carbocycles. The largest absolute Gasteiger partial charge is 0.455 e. The van der Waals surface area contributed by atoms with Crippen LogP contribution in [0.15, 0.2) is 223 Å². The fourth-order valence-corrected chi connectivity index (χ4v) is 11.0. The topological polar surface area (TPSA) is 21.3 Å². The molecule has 0 N–H and O–H groups in total. The van der Waals surface area contributed by atoms with Gasteiger partial charge in [-0.3, -0.25) is 0 Å². The summed E-state index contributed by atoms with van der Waals surface area (Å²) in [5.41, 5.74) is 13.3. The summed E-state index contributed by atoms with van der Waals surface area (Å²) in [6.07, 6.45) is 0. The van der Waals surface area contributed by atoms with Crippen molar-refractivity contribution in [2.45, 2.75) is 0 Å². The minimum Gasteiger partial charge on any atom is -0.455 e. The molecule has 0 bridgehead atoms. The first-order chi connectivity index (χ1) is 30.8. The van der Waals surface area contributed by atoms with Crippen molar-refractivity contribution in [1.82, 2.24) is 4.57 Å². The van der Waals surface area contributed by atoms with Crippen molar-refractivity contribution in [3.05, 3.63) is 218 Å². The van der Waals surface area contributed by atoms with Crippen LogP contribution < -0.4 is 4.90 Å². The molecule has 4 heteroatoms. The zero-order valence-electron chi connectivity index (χ0n) is 33.5. The Hall–Kier alpha value is -7.92. The van der Waals surface area contributed by atoms with E-state index in [1.165, 1.54) is 52.9 Å². The molecular weight excluding hydrogens is 773 g/mol. The van der Waals surface area contributed by atoms with E-state index in [-0.39, 0.29) is 0 Å². The summed E-state index contributed by atoms with van der Waals surface area (Å²) >= 11 is 1.86. The van der Waals surface area contributed by atoms with Gasteiger partial charge in [0.1, 0.15) is 11.2 Å². The minimum atomic E-state index is 0.892. The van der Waals surface area contributed by atoms with Crippen LogP contribution in [0, 0.1) is 0 Å². The van der Waals surface area contributed by atoms with E-state index in [9.17, 15) is 0 Å². The summed E-state index contributed by atoms with van der Waals surface area (Å²) in [6, 6.07) is 79.2. The van der Waals surface area contributed by atoms with Crippen LogP contribution >= 0.6 is 11.3 Å². The number of hydrogen-bond donors (Lipinski definition) is 0. The average molecular weight is 809 g/mol. The van der Waals surface area contributed by atoms with Crippen molar-refractivity contribution >= 4 is 103 Å². The molecule has 0 unspecified atom stereocenters. The fourth-order valence-electron chi connectivity index (χ4n) is 9.83. The second-order valence-electron chi connectivity index (χ2n) is 16.0. The standard InChI is InChI=1S/C58H36N2OS/c1-2-18-44-37(14-1)32-35-49-56-43(22-13-28-54(56)61-57(44)49)39-15-11-16-41(36-39)59(53-27-12-23-48-47-21-6-10-29-55(47)62-58(48)53)40-33-30-38(31-34-40)42-17-3-7-24-50(42)60-51-25-8-4-19-45(51)46-20-5-9-26-52(46)60/h1-36H. The number of furan rings is 1. The van der Waals surface area contributed by atoms with Gasteiger partial charge in [0.2, 0.25) is 0 Å². The number of rotatable bonds is 6. The third-order valence-corrected chi connectivity index (χ3v) is 13.8. The molecule has 0 amide bonds. The van der Waals surface area contributed by atoms with Gasteiger partial charge in [0, 0.05) is 59.3 Å². The second-order valence-corrected chi connectivity index (χ2v) is 17.1. The highest BCUT2D eigenvalue weighted by molar-refractivity contribution is 7.26. The molecule has 0 fully saturated rings. The van der Waals surface area contributed by atoms with Gasteiger partial charge in [-0.25, -0.2) is 0 Å². The third-order valence-electron chi connectivity index (χ3n) is 12.6. The molecule has 0 aliphatic rings. The molecule has 0 radical (unpaired) electrons. The van der Waals surface area contributed by atoms with Crippen molar-refractivity contribution < 1.29 is 4.42 Å². The third kappa shape index (κ3) is 5.30. The van der Waals surface area contributed by atoms with E-state index in [2.05, 4.69) is 228 Å². The van der Waals surface area contributed by atoms with E-state index in [1.807, 2.05) is 11.3 Å². The molecule has 0 saturated carbocycles. The number of benzene rings is 10. The van der Waals surface area contributed by atoms with Crippen LogP contribution in [0.2, 0.25) is 0 Å². The Morgan fingerprint density at radius 3 is 1.92 bits per heavy atom. The molecule has 13 rings (SSSR count).